The zero-order valence-electron chi connectivity index (χ0n) is 48.6. The average Bonchev–Trinajstić information content (AvgIpc) is 2.51. The van der Waals surface area contributed by atoms with Crippen LogP contribution >= 0.6 is 0 Å². The molecular weight excluding hydrogens is 1110 g/mol. The lowest BCUT2D eigenvalue weighted by molar-refractivity contribution is -0.870. The normalized spacial score (nSPS) is 16.2. The van der Waals surface area contributed by atoms with Crippen LogP contribution in [0.25, 0.3) is 6.08 Å². The van der Waals surface area contributed by atoms with Crippen LogP contribution in [-0.4, -0.2) is 208 Å². The Morgan fingerprint density at radius 1 is 0.732 bits per heavy atom. The summed E-state index contributed by atoms with van der Waals surface area (Å²) < 4.78 is 108. The molecule has 1 saturated heterocycles. The first-order valence-electron chi connectivity index (χ1n) is 28.3. The van der Waals surface area contributed by atoms with Crippen molar-refractivity contribution in [3.8, 4) is 0 Å². The van der Waals surface area contributed by atoms with E-state index in [2.05, 4.69) is 37.1 Å². The maximum absolute atomic E-state index is 17.6. The Morgan fingerprint density at radius 3 is 1.90 bits per heavy atom. The molecule has 0 spiro atoms. The molecule has 82 heavy (non-hydrogen) atoms. The number of hydrogen-bond donors (Lipinski definition) is 3. The highest BCUT2D eigenvalue weighted by atomic mass is 32.2. The minimum Gasteiger partial charge on any atom is -0.748 e. The maximum Gasteiger partial charge on any atom is 0.737 e. The van der Waals surface area contributed by atoms with Crippen molar-refractivity contribution in [3.05, 3.63) is 76.3 Å². The first kappa shape index (κ1) is 67.1. The minimum absolute atomic E-state index is 0.0170. The van der Waals surface area contributed by atoms with Crippen molar-refractivity contribution in [1.82, 2.24) is 30.4 Å². The van der Waals surface area contributed by atoms with Gasteiger partial charge in [0.1, 0.15) is 12.1 Å². The third kappa shape index (κ3) is 21.5. The van der Waals surface area contributed by atoms with Crippen LogP contribution in [0.3, 0.4) is 0 Å². The number of benzene rings is 1. The van der Waals surface area contributed by atoms with Gasteiger partial charge in [0.25, 0.3) is 11.8 Å². The van der Waals surface area contributed by atoms with Gasteiger partial charge in [-0.2, -0.15) is 0 Å². The van der Waals surface area contributed by atoms with Crippen LogP contribution in [0.1, 0.15) is 125 Å². The summed E-state index contributed by atoms with van der Waals surface area (Å²) in [6.07, 6.45) is 7.07. The third-order valence-electron chi connectivity index (χ3n) is 14.5. The summed E-state index contributed by atoms with van der Waals surface area (Å²) in [6.45, 7) is -1.82. The Morgan fingerprint density at radius 2 is 1.32 bits per heavy atom. The highest BCUT2D eigenvalue weighted by molar-refractivity contribution is 7.85. The number of quaternary nitrogens is 2. The fourth-order valence-electron chi connectivity index (χ4n) is 10.2. The molecule has 2 unspecified atom stereocenters. The highest BCUT2D eigenvalue weighted by Crippen LogP contribution is 2.40. The first-order chi connectivity index (χ1) is 38.3. The molecule has 1 aromatic carbocycles. The first-order valence-corrected chi connectivity index (χ1v) is 31.5. The summed E-state index contributed by atoms with van der Waals surface area (Å²) in [5, 5.41) is 9.26. The third-order valence-corrected chi connectivity index (χ3v) is 16.1. The minimum atomic E-state index is -4.78. The molecule has 5 amide bonds. The zero-order chi connectivity index (χ0) is 60.6. The number of aromatic nitrogens is 1. The van der Waals surface area contributed by atoms with Gasteiger partial charge in [-0.25, -0.2) is 21.6 Å². The fraction of sp³-hybridized carbons (Fsp3) is 0.618. The molecule has 2 atom stereocenters. The number of nitrogens with one attached hydrogen (secondary N) is 3. The number of unbranched alkanes of at least 4 members (excludes halogenated alkanes) is 4. The van der Waals surface area contributed by atoms with Crippen molar-refractivity contribution < 1.29 is 81.6 Å². The Labute approximate surface area is 482 Å². The van der Waals surface area contributed by atoms with Crippen molar-refractivity contribution in [2.24, 2.45) is 0 Å². The zero-order valence-corrected chi connectivity index (χ0v) is 50.2. The Bertz CT molecular complexity index is 2920. The van der Waals surface area contributed by atoms with Gasteiger partial charge < -0.3 is 61.4 Å². The van der Waals surface area contributed by atoms with E-state index in [1.807, 2.05) is 33.1 Å². The summed E-state index contributed by atoms with van der Waals surface area (Å²) in [5.41, 5.74) is 1.30. The monoisotopic (exact) mass is 1190 g/mol. The van der Waals surface area contributed by atoms with Crippen LogP contribution in [0.15, 0.2) is 53.7 Å². The molecule has 5 rings (SSSR count). The Balaban J connectivity index is 1.31. The largest absolute Gasteiger partial charge is 0.748 e. The molecule has 456 valence electrons. The molecule has 4 heterocycles. The number of carbonyl (C=O) groups is 6. The number of fused-ring (bicyclic) bond motifs is 2. The van der Waals surface area contributed by atoms with Crippen LogP contribution < -0.4 is 16.0 Å². The smallest absolute Gasteiger partial charge is 0.737 e. The Kier molecular flexibility index (Phi) is 24.3. The highest BCUT2D eigenvalue weighted by Gasteiger charge is 2.54. The van der Waals surface area contributed by atoms with Gasteiger partial charge in [-0.3, -0.25) is 24.0 Å². The number of imide groups is 1. The van der Waals surface area contributed by atoms with Gasteiger partial charge in [-0.1, -0.05) is 24.6 Å². The van der Waals surface area contributed by atoms with E-state index in [-0.39, 0.29) is 93.5 Å². The molecule has 2 aromatic rings. The van der Waals surface area contributed by atoms with Crippen molar-refractivity contribution >= 4 is 74.5 Å². The second-order valence-electron chi connectivity index (χ2n) is 23.7. The van der Waals surface area contributed by atoms with Gasteiger partial charge in [-0.05, 0) is 127 Å². The second kappa shape index (κ2) is 29.7. The number of likely N-dealkylation sites (N-methyl/N-ethyl adjacent to an activating group) is 1. The molecule has 0 bridgehead atoms. The SMILES string of the molecule is CN(CCCCCC(=O)ON1C(=O)CCC1=O)CCNC(=O)C(CCCC[N+](C)(C)C)NC(=O)C(CCCC[N+](C)(C)C)NC(=O)CCc1cc(CCCS(=O)(=O)[O-])c2n1[B-](F)(F)[N+]1=C(c3ccccc3)C=C(CCCS(=O)(=O)[O-])C1=C2. The standard InChI is InChI=1S/C55H84BF2N9O13S2/c1-62(32-15-9-12-26-53(71)80-65-51(69)29-30-52(65)70)33-31-59-54(72)45(24-13-16-34-66(2,3)4)61-55(73)46(25-14-17-35-67(5,6)7)60-50(68)28-27-44-38-42(22-18-36-81(74,75)76)48-40-49-43(23-19-37-82(77,78)79)39-47(41-20-10-8-11-21-41)64(49)56(57,58)63(44)48/h8,10-11,20-21,38-40,45-46H,9,12-19,22-37H2,1-7H3,(H3-2,59,60,61,68,72,73,74,75,76,77,78,79). The van der Waals surface area contributed by atoms with Gasteiger partial charge in [0.05, 0.1) is 75.6 Å². The van der Waals surface area contributed by atoms with E-state index >= 15 is 8.63 Å². The molecule has 1 aromatic heterocycles. The number of nitrogens with zero attached hydrogens (tertiary/aromatic N) is 6. The number of hydrogen-bond acceptors (Lipinski definition) is 14. The lowest BCUT2D eigenvalue weighted by Crippen LogP contribution is -2.54. The molecular formula is C55H84BF2N9O13S2. The van der Waals surface area contributed by atoms with Gasteiger partial charge in [-0.15, -0.1) is 5.06 Å². The number of amides is 5. The van der Waals surface area contributed by atoms with Gasteiger partial charge in [0, 0.05) is 79.3 Å². The lowest BCUT2D eigenvalue weighted by atomic mass is 9.88. The molecule has 27 heteroatoms. The summed E-state index contributed by atoms with van der Waals surface area (Å²) >= 11 is 0. The van der Waals surface area contributed by atoms with Crippen molar-refractivity contribution in [2.45, 2.75) is 128 Å². The van der Waals surface area contributed by atoms with Gasteiger partial charge in [0.15, 0.2) is 11.4 Å². The van der Waals surface area contributed by atoms with E-state index in [0.29, 0.717) is 82.3 Å². The predicted octanol–water partition coefficient (Wildman–Crippen LogP) is 3.18. The molecule has 0 aliphatic carbocycles. The summed E-state index contributed by atoms with van der Waals surface area (Å²) in [4.78, 5) is 85.1. The number of allylic oxidation sites excluding steroid dienone is 2. The molecule has 0 saturated carbocycles. The van der Waals surface area contributed by atoms with Crippen LogP contribution in [0.2, 0.25) is 0 Å². The lowest BCUT2D eigenvalue weighted by Gasteiger charge is -2.32. The number of halogens is 2. The number of aryl methyl sites for hydroxylation is 2. The van der Waals surface area contributed by atoms with E-state index in [9.17, 15) is 54.7 Å². The Hall–Kier alpha value is -5.71. The van der Waals surface area contributed by atoms with E-state index in [0.717, 1.165) is 34.9 Å². The molecule has 1 fully saturated rings. The molecule has 22 nitrogen and oxygen atoms in total. The summed E-state index contributed by atoms with van der Waals surface area (Å²) in [7, 11) is 4.88. The van der Waals surface area contributed by atoms with Crippen LogP contribution in [0.4, 0.5) is 8.63 Å². The van der Waals surface area contributed by atoms with Crippen LogP contribution in [0.5, 0.6) is 0 Å². The quantitative estimate of drug-likeness (QED) is 0.0291. The van der Waals surface area contributed by atoms with Crippen molar-refractivity contribution in [1.29, 1.82) is 0 Å². The number of hydroxylamine groups is 2. The average molecular weight is 1190 g/mol. The van der Waals surface area contributed by atoms with Crippen molar-refractivity contribution in [2.75, 3.05) is 93.6 Å². The number of rotatable bonds is 36. The topological polar surface area (TPSA) is 277 Å². The maximum atomic E-state index is 17.6. The van der Waals surface area contributed by atoms with Crippen LogP contribution in [-0.2, 0) is 66.7 Å². The molecule has 3 N–H and O–H groups in total. The molecule has 3 aliphatic rings. The van der Waals surface area contributed by atoms with E-state index in [1.54, 1.807) is 30.3 Å². The van der Waals surface area contributed by atoms with E-state index < -0.39 is 86.3 Å². The fourth-order valence-corrected chi connectivity index (χ4v) is 11.2. The summed E-state index contributed by atoms with van der Waals surface area (Å²) in [5.74, 6) is -4.80. The van der Waals surface area contributed by atoms with Crippen LogP contribution in [0, 0.1) is 0 Å². The molecule has 3 aliphatic heterocycles. The predicted molar refractivity (Wildman–Crippen MR) is 303 cm³/mol. The van der Waals surface area contributed by atoms with Crippen molar-refractivity contribution in [3.63, 3.8) is 0 Å². The number of carbonyl (C=O) groups excluding carboxylic acids is 6. The van der Waals surface area contributed by atoms with Gasteiger partial charge in [0.2, 0.25) is 17.7 Å². The summed E-state index contributed by atoms with van der Waals surface area (Å²) in [6, 6.07) is 7.78. The molecule has 0 radical (unpaired) electrons. The van der Waals surface area contributed by atoms with Gasteiger partial charge >= 0.3 is 12.9 Å². The van der Waals surface area contributed by atoms with E-state index in [1.165, 1.54) is 18.2 Å². The second-order valence-corrected chi connectivity index (χ2v) is 26.8. The van der Waals surface area contributed by atoms with E-state index in [4.69, 9.17) is 4.84 Å².